The van der Waals surface area contributed by atoms with Crippen LogP contribution < -0.4 is 19.3 Å². The number of carbonyl (C=O) groups excluding carboxylic acids is 1. The predicted molar refractivity (Wildman–Crippen MR) is 144 cm³/mol. The molecule has 0 aliphatic carbocycles. The van der Waals surface area contributed by atoms with Crippen molar-refractivity contribution >= 4 is 22.4 Å². The number of hydrogen-bond acceptors (Lipinski definition) is 4. The summed E-state index contributed by atoms with van der Waals surface area (Å²) in [5, 5.41) is 0.972. The fraction of sp³-hybridized carbons (Fsp3) is 0.300. The Morgan fingerprint density at radius 2 is 1.64 bits per heavy atom. The van der Waals surface area contributed by atoms with Crippen LogP contribution in [0.4, 0.5) is 5.69 Å². The average molecular weight is 485 g/mol. The number of Topliss-reactive ketones (excluding diaryl/α,β-unsaturated/α-hetero) is 1. The number of nitrogens with one attached hydrogen (secondary N) is 1. The van der Waals surface area contributed by atoms with Gasteiger partial charge in [0.25, 0.3) is 0 Å². The van der Waals surface area contributed by atoms with E-state index in [2.05, 4.69) is 52.8 Å². The Morgan fingerprint density at radius 3 is 2.36 bits per heavy atom. The minimum Gasteiger partial charge on any atom is -0.497 e. The second-order valence-corrected chi connectivity index (χ2v) is 9.42. The third-order valence-corrected chi connectivity index (χ3v) is 7.30. The standard InChI is InChI=1S/C30H33N3O3/c1-22-30(25-19-24(35-2)13-14-26(25)33(22)20-23-9-5-4-6-10-23)28(34)21-31-15-17-32(18-16-31)27-11-7-8-12-29(27)36-3/h4-14,19H,15-18,20-21H2,1-3H3/p+1. The topological polar surface area (TPSA) is 48.1 Å². The van der Waals surface area contributed by atoms with Gasteiger partial charge in [0.05, 0.1) is 51.6 Å². The molecule has 0 amide bonds. The van der Waals surface area contributed by atoms with Gasteiger partial charge in [0.1, 0.15) is 18.0 Å². The molecule has 0 bridgehead atoms. The van der Waals surface area contributed by atoms with Gasteiger partial charge in [-0.2, -0.15) is 0 Å². The summed E-state index contributed by atoms with van der Waals surface area (Å²) in [7, 11) is 3.38. The van der Waals surface area contributed by atoms with Crippen molar-refractivity contribution in [2.24, 2.45) is 0 Å². The zero-order valence-corrected chi connectivity index (χ0v) is 21.3. The molecule has 0 radical (unpaired) electrons. The summed E-state index contributed by atoms with van der Waals surface area (Å²) in [6.07, 6.45) is 0. The largest absolute Gasteiger partial charge is 0.497 e. The van der Waals surface area contributed by atoms with Gasteiger partial charge in [-0.1, -0.05) is 42.5 Å². The molecule has 2 heterocycles. The Bertz CT molecular complexity index is 1350. The molecule has 5 rings (SSSR count). The fourth-order valence-corrected chi connectivity index (χ4v) is 5.36. The van der Waals surface area contributed by atoms with E-state index < -0.39 is 0 Å². The van der Waals surface area contributed by atoms with Crippen LogP contribution in [0.25, 0.3) is 10.9 Å². The summed E-state index contributed by atoms with van der Waals surface area (Å²) < 4.78 is 13.3. The van der Waals surface area contributed by atoms with E-state index in [1.165, 1.54) is 10.5 Å². The van der Waals surface area contributed by atoms with Gasteiger partial charge in [-0.05, 0) is 42.8 Å². The van der Waals surface area contributed by atoms with Crippen LogP contribution in [0.1, 0.15) is 21.6 Å². The number of ether oxygens (including phenoxy) is 2. The van der Waals surface area contributed by atoms with Crippen molar-refractivity contribution in [2.45, 2.75) is 13.5 Å². The van der Waals surface area contributed by atoms with Crippen LogP contribution in [0, 0.1) is 6.92 Å². The van der Waals surface area contributed by atoms with E-state index in [0.717, 1.165) is 72.1 Å². The highest BCUT2D eigenvalue weighted by molar-refractivity contribution is 6.10. The zero-order chi connectivity index (χ0) is 25.1. The molecule has 4 aromatic rings. The lowest BCUT2D eigenvalue weighted by atomic mass is 10.1. The van der Waals surface area contributed by atoms with Gasteiger partial charge in [0, 0.05) is 23.1 Å². The highest BCUT2D eigenvalue weighted by atomic mass is 16.5. The number of piperazine rings is 1. The molecule has 6 heteroatoms. The number of ketones is 1. The van der Waals surface area contributed by atoms with E-state index in [1.54, 1.807) is 14.2 Å². The number of nitrogens with zero attached hydrogens (tertiary/aromatic N) is 2. The highest BCUT2D eigenvalue weighted by Crippen LogP contribution is 2.31. The molecule has 1 saturated heterocycles. The maximum Gasteiger partial charge on any atom is 0.219 e. The van der Waals surface area contributed by atoms with Crippen LogP contribution in [0.15, 0.2) is 72.8 Å². The Balaban J connectivity index is 1.37. The average Bonchev–Trinajstić information content (AvgIpc) is 3.19. The predicted octanol–water partition coefficient (Wildman–Crippen LogP) is 3.60. The van der Waals surface area contributed by atoms with E-state index >= 15 is 0 Å². The molecule has 0 atom stereocenters. The Kier molecular flexibility index (Phi) is 6.96. The second kappa shape index (κ2) is 10.5. The second-order valence-electron chi connectivity index (χ2n) is 9.42. The van der Waals surface area contributed by atoms with E-state index in [9.17, 15) is 4.79 Å². The van der Waals surface area contributed by atoms with Gasteiger partial charge in [0.15, 0.2) is 0 Å². The molecular formula is C30H34N3O3+. The molecule has 3 aromatic carbocycles. The smallest absolute Gasteiger partial charge is 0.219 e. The molecule has 1 aliphatic heterocycles. The maximum absolute atomic E-state index is 13.8. The summed E-state index contributed by atoms with van der Waals surface area (Å²) in [4.78, 5) is 17.4. The van der Waals surface area contributed by atoms with Crippen molar-refractivity contribution in [1.29, 1.82) is 0 Å². The molecule has 36 heavy (non-hydrogen) atoms. The summed E-state index contributed by atoms with van der Waals surface area (Å²) >= 11 is 0. The number of fused-ring (bicyclic) bond motifs is 1. The van der Waals surface area contributed by atoms with Crippen LogP contribution in [0.3, 0.4) is 0 Å². The number of quaternary nitrogens is 1. The molecule has 1 aliphatic rings. The number of anilines is 1. The van der Waals surface area contributed by atoms with E-state index in [1.807, 2.05) is 36.4 Å². The molecule has 6 nitrogen and oxygen atoms in total. The number of benzene rings is 3. The molecule has 0 spiro atoms. The van der Waals surface area contributed by atoms with Crippen molar-refractivity contribution in [3.05, 3.63) is 89.6 Å². The minimum absolute atomic E-state index is 0.193. The normalized spacial score (nSPS) is 14.2. The molecule has 0 saturated carbocycles. The molecule has 1 aromatic heterocycles. The van der Waals surface area contributed by atoms with Crippen LogP contribution in [0.2, 0.25) is 0 Å². The monoisotopic (exact) mass is 484 g/mol. The Hall–Kier alpha value is -3.77. The first kappa shape index (κ1) is 23.9. The first-order valence-corrected chi connectivity index (χ1v) is 12.5. The van der Waals surface area contributed by atoms with E-state index in [0.29, 0.717) is 6.54 Å². The Morgan fingerprint density at radius 1 is 0.917 bits per heavy atom. The maximum atomic E-state index is 13.8. The number of carbonyl (C=O) groups is 1. The number of rotatable bonds is 8. The summed E-state index contributed by atoms with van der Waals surface area (Å²) in [6.45, 7) is 6.90. The first-order chi connectivity index (χ1) is 17.6. The summed E-state index contributed by atoms with van der Waals surface area (Å²) in [5.41, 5.74) is 5.23. The highest BCUT2D eigenvalue weighted by Gasteiger charge is 2.27. The van der Waals surface area contributed by atoms with Crippen molar-refractivity contribution in [3.63, 3.8) is 0 Å². The summed E-state index contributed by atoms with van der Waals surface area (Å²) in [6, 6.07) is 24.6. The lowest BCUT2D eigenvalue weighted by molar-refractivity contribution is -0.892. The molecule has 1 fully saturated rings. The molecule has 1 N–H and O–H groups in total. The number of hydrogen-bond donors (Lipinski definition) is 1. The van der Waals surface area contributed by atoms with Crippen molar-refractivity contribution in [3.8, 4) is 11.5 Å². The van der Waals surface area contributed by atoms with Gasteiger partial charge in [-0.15, -0.1) is 0 Å². The Labute approximate surface area is 212 Å². The van der Waals surface area contributed by atoms with Gasteiger partial charge in [-0.25, -0.2) is 0 Å². The fourth-order valence-electron chi connectivity index (χ4n) is 5.36. The molecule has 0 unspecified atom stereocenters. The number of para-hydroxylation sites is 2. The third-order valence-electron chi connectivity index (χ3n) is 7.30. The van der Waals surface area contributed by atoms with E-state index in [-0.39, 0.29) is 5.78 Å². The molecule has 186 valence electrons. The lowest BCUT2D eigenvalue weighted by Gasteiger charge is -2.34. The zero-order valence-electron chi connectivity index (χ0n) is 21.3. The third kappa shape index (κ3) is 4.69. The summed E-state index contributed by atoms with van der Waals surface area (Å²) in [5.74, 6) is 1.86. The van der Waals surface area contributed by atoms with Crippen LogP contribution in [-0.2, 0) is 6.54 Å². The molecular weight excluding hydrogens is 450 g/mol. The van der Waals surface area contributed by atoms with Gasteiger partial charge >= 0.3 is 0 Å². The lowest BCUT2D eigenvalue weighted by Crippen LogP contribution is -3.15. The van der Waals surface area contributed by atoms with Crippen LogP contribution in [-0.4, -0.2) is 57.3 Å². The minimum atomic E-state index is 0.193. The van der Waals surface area contributed by atoms with Crippen molar-refractivity contribution in [2.75, 3.05) is 51.8 Å². The number of methoxy groups -OCH3 is 2. The van der Waals surface area contributed by atoms with Gasteiger partial charge < -0.3 is 23.8 Å². The van der Waals surface area contributed by atoms with Gasteiger partial charge in [-0.3, -0.25) is 4.79 Å². The van der Waals surface area contributed by atoms with Crippen LogP contribution >= 0.6 is 0 Å². The first-order valence-electron chi connectivity index (χ1n) is 12.5. The van der Waals surface area contributed by atoms with Gasteiger partial charge in [0.2, 0.25) is 5.78 Å². The van der Waals surface area contributed by atoms with E-state index in [4.69, 9.17) is 9.47 Å². The SMILES string of the molecule is COc1ccc2c(c1)c(C(=O)C[NH+]1CCN(c3ccccc3OC)CC1)c(C)n2Cc1ccccc1. The van der Waals surface area contributed by atoms with Crippen LogP contribution in [0.5, 0.6) is 11.5 Å². The quantitative estimate of drug-likeness (QED) is 0.388. The van der Waals surface area contributed by atoms with Crippen molar-refractivity contribution in [1.82, 2.24) is 4.57 Å². The number of aromatic nitrogens is 1. The van der Waals surface area contributed by atoms with Crippen molar-refractivity contribution < 1.29 is 19.2 Å².